The molecule has 7 heteroatoms. The molecule has 0 aliphatic heterocycles. The maximum Gasteiger partial charge on any atom is 0.265 e. The number of nitrogen functional groups attached to an aromatic ring is 1. The number of hydrazine groups is 1. The molecule has 1 aromatic heterocycles. The maximum absolute atomic E-state index is 11.4. The predicted molar refractivity (Wildman–Crippen MR) is 78.6 cm³/mol. The number of nitrogens with zero attached hydrogens (tertiary/aromatic N) is 2. The molecular formula is C12H13BrN4OS. The lowest BCUT2D eigenvalue weighted by molar-refractivity contribution is 0.0953. The number of benzene rings is 1. The van der Waals surface area contributed by atoms with Crippen molar-refractivity contribution >= 4 is 33.6 Å². The van der Waals surface area contributed by atoms with Crippen molar-refractivity contribution in [3.8, 4) is 0 Å². The number of imidazole rings is 1. The number of nitrogens with two attached hydrogens (primary N) is 1. The van der Waals surface area contributed by atoms with E-state index in [1.54, 1.807) is 30.1 Å². The van der Waals surface area contributed by atoms with E-state index in [1.165, 1.54) is 0 Å². The van der Waals surface area contributed by atoms with Crippen LogP contribution in [0.2, 0.25) is 0 Å². The largest absolute Gasteiger partial charge is 0.329 e. The minimum atomic E-state index is -0.302. The van der Waals surface area contributed by atoms with Crippen molar-refractivity contribution in [3.63, 3.8) is 0 Å². The van der Waals surface area contributed by atoms with Gasteiger partial charge in [0.25, 0.3) is 5.91 Å². The van der Waals surface area contributed by atoms with E-state index in [0.29, 0.717) is 5.56 Å². The molecule has 1 heterocycles. The predicted octanol–water partition coefficient (Wildman–Crippen LogP) is 2.08. The Morgan fingerprint density at radius 1 is 1.58 bits per heavy atom. The van der Waals surface area contributed by atoms with Crippen LogP contribution in [0.3, 0.4) is 0 Å². The lowest BCUT2D eigenvalue weighted by Crippen LogP contribution is -2.29. The number of hydrogen-bond acceptors (Lipinski definition) is 4. The van der Waals surface area contributed by atoms with Crippen LogP contribution in [0.15, 0.2) is 40.2 Å². The Bertz CT molecular complexity index is 599. The third kappa shape index (κ3) is 3.37. The zero-order valence-corrected chi connectivity index (χ0v) is 12.7. The van der Waals surface area contributed by atoms with Crippen LogP contribution in [-0.2, 0) is 12.8 Å². The summed E-state index contributed by atoms with van der Waals surface area (Å²) in [4.78, 5) is 15.6. The molecule has 100 valence electrons. The summed E-state index contributed by atoms with van der Waals surface area (Å²) in [6.45, 7) is 0. The molecule has 1 amide bonds. The standard InChI is InChI=1S/C12H13BrN4OS/c1-17-5-4-15-12(17)19-7-9-3-2-8(6-10(9)13)11(18)16-14/h2-6H,7,14H2,1H3,(H,16,18). The smallest absolute Gasteiger partial charge is 0.265 e. The zero-order valence-electron chi connectivity index (χ0n) is 10.3. The van der Waals surface area contributed by atoms with Crippen molar-refractivity contribution in [2.75, 3.05) is 0 Å². The molecule has 5 nitrogen and oxygen atoms in total. The molecular weight excluding hydrogens is 328 g/mol. The lowest BCUT2D eigenvalue weighted by Gasteiger charge is -2.06. The van der Waals surface area contributed by atoms with E-state index in [9.17, 15) is 4.79 Å². The van der Waals surface area contributed by atoms with E-state index >= 15 is 0 Å². The van der Waals surface area contributed by atoms with E-state index in [2.05, 4.69) is 26.3 Å². The highest BCUT2D eigenvalue weighted by Crippen LogP contribution is 2.26. The van der Waals surface area contributed by atoms with Gasteiger partial charge in [0.15, 0.2) is 5.16 Å². The SMILES string of the molecule is Cn1ccnc1SCc1ccc(C(=O)NN)cc1Br. The summed E-state index contributed by atoms with van der Waals surface area (Å²) in [6.07, 6.45) is 3.68. The van der Waals surface area contributed by atoms with Gasteiger partial charge in [-0.05, 0) is 17.7 Å². The molecule has 0 aliphatic carbocycles. The number of carbonyl (C=O) groups excluding carboxylic acids is 1. The molecule has 0 aliphatic rings. The molecule has 0 saturated heterocycles. The van der Waals surface area contributed by atoms with E-state index < -0.39 is 0 Å². The molecule has 0 spiro atoms. The highest BCUT2D eigenvalue weighted by molar-refractivity contribution is 9.10. The number of carbonyl (C=O) groups is 1. The first-order valence-electron chi connectivity index (χ1n) is 5.51. The summed E-state index contributed by atoms with van der Waals surface area (Å²) < 4.78 is 2.85. The van der Waals surface area contributed by atoms with E-state index in [-0.39, 0.29) is 5.91 Å². The number of nitrogens with one attached hydrogen (secondary N) is 1. The van der Waals surface area contributed by atoms with E-state index in [4.69, 9.17) is 5.84 Å². The maximum atomic E-state index is 11.4. The molecule has 19 heavy (non-hydrogen) atoms. The second-order valence-corrected chi connectivity index (χ2v) is 5.69. The van der Waals surface area contributed by atoms with Gasteiger partial charge in [-0.2, -0.15) is 0 Å². The topological polar surface area (TPSA) is 72.9 Å². The third-order valence-electron chi connectivity index (χ3n) is 2.58. The van der Waals surface area contributed by atoms with Gasteiger partial charge in [0, 0.05) is 35.2 Å². The van der Waals surface area contributed by atoms with Gasteiger partial charge in [-0.25, -0.2) is 10.8 Å². The summed E-state index contributed by atoms with van der Waals surface area (Å²) in [5.74, 6) is 5.57. The molecule has 0 fully saturated rings. The van der Waals surface area contributed by atoms with Crippen LogP contribution in [0, 0.1) is 0 Å². The average Bonchev–Trinajstić information content (AvgIpc) is 2.82. The quantitative estimate of drug-likeness (QED) is 0.387. The molecule has 0 atom stereocenters. The van der Waals surface area contributed by atoms with Crippen LogP contribution in [0.5, 0.6) is 0 Å². The van der Waals surface area contributed by atoms with Crippen molar-refractivity contribution in [1.82, 2.24) is 15.0 Å². The second-order valence-electron chi connectivity index (χ2n) is 3.89. The minimum Gasteiger partial charge on any atom is -0.329 e. The van der Waals surface area contributed by atoms with Crippen molar-refractivity contribution < 1.29 is 4.79 Å². The molecule has 0 radical (unpaired) electrons. The molecule has 2 aromatic rings. The molecule has 0 saturated carbocycles. The minimum absolute atomic E-state index is 0.302. The Morgan fingerprint density at radius 3 is 2.95 bits per heavy atom. The zero-order chi connectivity index (χ0) is 13.8. The van der Waals surface area contributed by atoms with Gasteiger partial charge in [0.1, 0.15) is 0 Å². The van der Waals surface area contributed by atoms with Crippen molar-refractivity contribution in [1.29, 1.82) is 0 Å². The first-order chi connectivity index (χ1) is 9.11. The van der Waals surface area contributed by atoms with Crippen LogP contribution >= 0.6 is 27.7 Å². The van der Waals surface area contributed by atoms with Crippen molar-refractivity contribution in [2.45, 2.75) is 10.9 Å². The summed E-state index contributed by atoms with van der Waals surface area (Å²) in [6, 6.07) is 5.42. The van der Waals surface area contributed by atoms with E-state index in [0.717, 1.165) is 20.9 Å². The van der Waals surface area contributed by atoms with Gasteiger partial charge >= 0.3 is 0 Å². The summed E-state index contributed by atoms with van der Waals surface area (Å²) in [5, 5.41) is 0.954. The van der Waals surface area contributed by atoms with Gasteiger partial charge in [0.05, 0.1) is 0 Å². The fourth-order valence-corrected chi connectivity index (χ4v) is 3.16. The summed E-state index contributed by atoms with van der Waals surface area (Å²) >= 11 is 5.10. The molecule has 1 aromatic carbocycles. The Hall–Kier alpha value is -1.31. The van der Waals surface area contributed by atoms with E-state index in [1.807, 2.05) is 23.9 Å². The highest BCUT2D eigenvalue weighted by Gasteiger charge is 2.08. The van der Waals surface area contributed by atoms with Crippen LogP contribution in [0.25, 0.3) is 0 Å². The van der Waals surface area contributed by atoms with Gasteiger partial charge in [-0.15, -0.1) is 0 Å². The number of rotatable bonds is 4. The summed E-state index contributed by atoms with van der Waals surface area (Å²) in [7, 11) is 1.96. The first-order valence-corrected chi connectivity index (χ1v) is 7.29. The third-order valence-corrected chi connectivity index (χ3v) is 4.43. The molecule has 2 rings (SSSR count). The Labute approximate surface area is 123 Å². The number of hydrogen-bond donors (Lipinski definition) is 2. The second kappa shape index (κ2) is 6.23. The number of thioether (sulfide) groups is 1. The molecule has 0 bridgehead atoms. The van der Waals surface area contributed by atoms with Crippen molar-refractivity contribution in [2.24, 2.45) is 12.9 Å². The van der Waals surface area contributed by atoms with Crippen LogP contribution in [0.1, 0.15) is 15.9 Å². The first kappa shape index (κ1) is 14.1. The monoisotopic (exact) mass is 340 g/mol. The van der Waals surface area contributed by atoms with Crippen LogP contribution < -0.4 is 11.3 Å². The Kier molecular flexibility index (Phi) is 4.62. The molecule has 3 N–H and O–H groups in total. The summed E-state index contributed by atoms with van der Waals surface area (Å²) in [5.41, 5.74) is 3.74. The molecule has 0 unspecified atom stereocenters. The lowest BCUT2D eigenvalue weighted by atomic mass is 10.1. The number of halogens is 1. The van der Waals surface area contributed by atoms with Crippen molar-refractivity contribution in [3.05, 3.63) is 46.2 Å². The number of aryl methyl sites for hydroxylation is 1. The fraction of sp³-hybridized carbons (Fsp3) is 0.167. The number of amides is 1. The van der Waals surface area contributed by atoms with Gasteiger partial charge in [-0.1, -0.05) is 33.8 Å². The normalized spacial score (nSPS) is 10.5. The van der Waals surface area contributed by atoms with Crippen LogP contribution in [-0.4, -0.2) is 15.5 Å². The van der Waals surface area contributed by atoms with Gasteiger partial charge in [-0.3, -0.25) is 10.2 Å². The Morgan fingerprint density at radius 2 is 2.37 bits per heavy atom. The van der Waals surface area contributed by atoms with Gasteiger partial charge in [0.2, 0.25) is 0 Å². The highest BCUT2D eigenvalue weighted by atomic mass is 79.9. The Balaban J connectivity index is 2.09. The van der Waals surface area contributed by atoms with Crippen LogP contribution in [0.4, 0.5) is 0 Å². The average molecular weight is 341 g/mol. The number of aromatic nitrogens is 2. The fourth-order valence-electron chi connectivity index (χ4n) is 1.52. The van der Waals surface area contributed by atoms with Gasteiger partial charge < -0.3 is 4.57 Å².